The molecule has 0 radical (unpaired) electrons. The summed E-state index contributed by atoms with van der Waals surface area (Å²) < 4.78 is 14.7. The van der Waals surface area contributed by atoms with Crippen molar-refractivity contribution in [2.24, 2.45) is 12.1 Å². The molecular weight excluding hydrogens is 315 g/mol. The van der Waals surface area contributed by atoms with Crippen LogP contribution in [0.4, 0.5) is 4.39 Å². The Morgan fingerprint density at radius 1 is 1.47 bits per heavy atom. The van der Waals surface area contributed by atoms with E-state index in [0.29, 0.717) is 15.7 Å². The zero-order valence-corrected chi connectivity index (χ0v) is 11.6. The van der Waals surface area contributed by atoms with Gasteiger partial charge in [0, 0.05) is 7.05 Å². The van der Waals surface area contributed by atoms with Crippen molar-refractivity contribution >= 4 is 28.1 Å². The molecule has 0 atom stereocenters. The number of nitrogens with zero attached hydrogens (tertiary/aromatic N) is 3. The van der Waals surface area contributed by atoms with Crippen LogP contribution < -0.4 is 5.43 Å². The van der Waals surface area contributed by atoms with Crippen LogP contribution in [0.2, 0.25) is 0 Å². The quantitative estimate of drug-likeness (QED) is 0.694. The molecule has 1 heterocycles. The Morgan fingerprint density at radius 3 is 2.74 bits per heavy atom. The molecule has 0 saturated carbocycles. The Bertz CT molecular complexity index is 602. The minimum absolute atomic E-state index is 0.319. The number of rotatable bonds is 3. The molecule has 0 bridgehead atoms. The average Bonchev–Trinajstić information content (AvgIpc) is 2.71. The number of halogens is 2. The van der Waals surface area contributed by atoms with Crippen molar-refractivity contribution in [3.05, 3.63) is 52.0 Å². The monoisotopic (exact) mass is 324 g/mol. The number of carbonyl (C=O) groups excluding carboxylic acids is 1. The predicted octanol–water partition coefficient (Wildman–Crippen LogP) is 2.09. The largest absolute Gasteiger partial charge is 0.290 e. The summed E-state index contributed by atoms with van der Waals surface area (Å²) in [5.74, 6) is -0.703. The highest BCUT2D eigenvalue weighted by Crippen LogP contribution is 2.14. The van der Waals surface area contributed by atoms with Crippen LogP contribution in [0.3, 0.4) is 0 Å². The fourth-order valence-electron chi connectivity index (χ4n) is 1.43. The number of hydrogen-bond acceptors (Lipinski definition) is 3. The Hall–Kier alpha value is -2.02. The van der Waals surface area contributed by atoms with Gasteiger partial charge in [-0.2, -0.15) is 10.2 Å². The summed E-state index contributed by atoms with van der Waals surface area (Å²) in [5, 5.41) is 7.73. The fourth-order valence-corrected chi connectivity index (χ4v) is 1.96. The maximum Gasteiger partial charge on any atom is 0.290 e. The SMILES string of the molecule is Cn1ncc(Br)c1C(=O)N/N=C/c1ccc(F)cc1. The topological polar surface area (TPSA) is 59.3 Å². The molecule has 0 fully saturated rings. The van der Waals surface area contributed by atoms with Gasteiger partial charge in [-0.15, -0.1) is 0 Å². The van der Waals surface area contributed by atoms with Crippen molar-refractivity contribution in [1.29, 1.82) is 0 Å². The molecule has 2 rings (SSSR count). The van der Waals surface area contributed by atoms with Gasteiger partial charge in [0.05, 0.1) is 16.9 Å². The molecule has 1 aromatic heterocycles. The van der Waals surface area contributed by atoms with Gasteiger partial charge in [-0.05, 0) is 33.6 Å². The predicted molar refractivity (Wildman–Crippen MR) is 72.4 cm³/mol. The lowest BCUT2D eigenvalue weighted by molar-refractivity contribution is 0.0945. The van der Waals surface area contributed by atoms with Gasteiger partial charge in [0.15, 0.2) is 0 Å². The second-order valence-electron chi connectivity index (χ2n) is 3.72. The van der Waals surface area contributed by atoms with E-state index in [1.54, 1.807) is 19.2 Å². The molecule has 7 heteroatoms. The van der Waals surface area contributed by atoms with E-state index in [2.05, 4.69) is 31.6 Å². The molecule has 0 spiro atoms. The molecule has 2 aromatic rings. The van der Waals surface area contributed by atoms with Crippen LogP contribution in [0.25, 0.3) is 0 Å². The summed E-state index contributed by atoms with van der Waals surface area (Å²) in [7, 11) is 1.66. The zero-order valence-electron chi connectivity index (χ0n) is 9.97. The number of aromatic nitrogens is 2. The number of aryl methyl sites for hydroxylation is 1. The summed E-state index contributed by atoms with van der Waals surface area (Å²) in [6.07, 6.45) is 2.96. The summed E-state index contributed by atoms with van der Waals surface area (Å²) in [4.78, 5) is 11.8. The standard InChI is InChI=1S/C12H10BrFN4O/c1-18-11(10(13)7-16-18)12(19)17-15-6-8-2-4-9(14)5-3-8/h2-7H,1H3,(H,17,19)/b15-6+. The van der Waals surface area contributed by atoms with E-state index in [9.17, 15) is 9.18 Å². The molecule has 0 unspecified atom stereocenters. The molecule has 1 amide bonds. The van der Waals surface area contributed by atoms with Crippen LogP contribution >= 0.6 is 15.9 Å². The van der Waals surface area contributed by atoms with Gasteiger partial charge in [0.1, 0.15) is 11.5 Å². The summed E-state index contributed by atoms with van der Waals surface area (Å²) in [6, 6.07) is 5.76. The third-order valence-electron chi connectivity index (χ3n) is 2.36. The summed E-state index contributed by atoms with van der Waals surface area (Å²) >= 11 is 3.22. The number of amides is 1. The zero-order chi connectivity index (χ0) is 13.8. The number of hydrogen-bond donors (Lipinski definition) is 1. The smallest absolute Gasteiger partial charge is 0.266 e. The van der Waals surface area contributed by atoms with E-state index >= 15 is 0 Å². The third-order valence-corrected chi connectivity index (χ3v) is 2.94. The van der Waals surface area contributed by atoms with Crippen molar-refractivity contribution in [2.75, 3.05) is 0 Å². The van der Waals surface area contributed by atoms with Gasteiger partial charge >= 0.3 is 0 Å². The van der Waals surface area contributed by atoms with E-state index in [4.69, 9.17) is 0 Å². The molecule has 5 nitrogen and oxygen atoms in total. The lowest BCUT2D eigenvalue weighted by Gasteiger charge is -2.00. The fraction of sp³-hybridized carbons (Fsp3) is 0.0833. The van der Waals surface area contributed by atoms with E-state index in [0.717, 1.165) is 0 Å². The summed E-state index contributed by atoms with van der Waals surface area (Å²) in [5.41, 5.74) is 3.43. The van der Waals surface area contributed by atoms with Gasteiger partial charge in [-0.1, -0.05) is 12.1 Å². The lowest BCUT2D eigenvalue weighted by Crippen LogP contribution is -2.21. The maximum atomic E-state index is 12.7. The van der Waals surface area contributed by atoms with Gasteiger partial charge in [0.25, 0.3) is 5.91 Å². The van der Waals surface area contributed by atoms with Crippen molar-refractivity contribution in [1.82, 2.24) is 15.2 Å². The Morgan fingerprint density at radius 2 is 2.16 bits per heavy atom. The van der Waals surface area contributed by atoms with Crippen molar-refractivity contribution in [3.63, 3.8) is 0 Å². The highest BCUT2D eigenvalue weighted by atomic mass is 79.9. The molecule has 98 valence electrons. The molecule has 19 heavy (non-hydrogen) atoms. The molecule has 0 aliphatic heterocycles. The van der Waals surface area contributed by atoms with Gasteiger partial charge < -0.3 is 0 Å². The van der Waals surface area contributed by atoms with Crippen LogP contribution in [0.15, 0.2) is 40.0 Å². The summed E-state index contributed by atoms with van der Waals surface area (Å²) in [6.45, 7) is 0. The van der Waals surface area contributed by atoms with E-state index in [1.807, 2.05) is 0 Å². The average molecular weight is 325 g/mol. The molecule has 0 aliphatic carbocycles. The second kappa shape index (κ2) is 5.75. The number of carbonyl (C=O) groups is 1. The minimum Gasteiger partial charge on any atom is -0.266 e. The van der Waals surface area contributed by atoms with Crippen LogP contribution in [0.5, 0.6) is 0 Å². The second-order valence-corrected chi connectivity index (χ2v) is 4.57. The molecule has 1 N–H and O–H groups in total. The number of benzene rings is 1. The van der Waals surface area contributed by atoms with Crippen molar-refractivity contribution < 1.29 is 9.18 Å². The van der Waals surface area contributed by atoms with Crippen LogP contribution in [-0.4, -0.2) is 21.9 Å². The van der Waals surface area contributed by atoms with Gasteiger partial charge in [-0.3, -0.25) is 9.48 Å². The number of hydrazone groups is 1. The molecule has 0 aliphatic rings. The Labute approximate surface area is 117 Å². The Kier molecular flexibility index (Phi) is 4.06. The first-order valence-electron chi connectivity index (χ1n) is 5.34. The highest BCUT2D eigenvalue weighted by Gasteiger charge is 2.14. The van der Waals surface area contributed by atoms with Crippen molar-refractivity contribution in [3.8, 4) is 0 Å². The molecule has 1 aromatic carbocycles. The van der Waals surface area contributed by atoms with Crippen LogP contribution in [0.1, 0.15) is 16.1 Å². The van der Waals surface area contributed by atoms with E-state index in [1.165, 1.54) is 29.2 Å². The molecular formula is C12H10BrFN4O. The number of nitrogens with one attached hydrogen (secondary N) is 1. The lowest BCUT2D eigenvalue weighted by atomic mass is 10.2. The molecule has 0 saturated heterocycles. The van der Waals surface area contributed by atoms with Crippen LogP contribution in [0, 0.1) is 5.82 Å². The first kappa shape index (κ1) is 13.4. The first-order valence-corrected chi connectivity index (χ1v) is 6.13. The van der Waals surface area contributed by atoms with Gasteiger partial charge in [0.2, 0.25) is 0 Å². The minimum atomic E-state index is -0.384. The third kappa shape index (κ3) is 3.25. The van der Waals surface area contributed by atoms with E-state index < -0.39 is 0 Å². The maximum absolute atomic E-state index is 12.7. The van der Waals surface area contributed by atoms with Gasteiger partial charge in [-0.25, -0.2) is 9.82 Å². The highest BCUT2D eigenvalue weighted by molar-refractivity contribution is 9.10. The van der Waals surface area contributed by atoms with Crippen molar-refractivity contribution in [2.45, 2.75) is 0 Å². The normalized spacial score (nSPS) is 10.9. The van der Waals surface area contributed by atoms with E-state index in [-0.39, 0.29) is 11.7 Å². The first-order chi connectivity index (χ1) is 9.08. The van der Waals surface area contributed by atoms with Crippen LogP contribution in [-0.2, 0) is 7.05 Å². The Balaban J connectivity index is 2.03.